The van der Waals surface area contributed by atoms with Crippen molar-refractivity contribution >= 4 is 33.4 Å². The van der Waals surface area contributed by atoms with Crippen molar-refractivity contribution in [1.82, 2.24) is 19.3 Å². The number of halogens is 4. The number of sulfonamides is 1. The van der Waals surface area contributed by atoms with Gasteiger partial charge in [-0.2, -0.15) is 0 Å². The van der Waals surface area contributed by atoms with E-state index in [2.05, 4.69) is 14.7 Å². The lowest BCUT2D eigenvalue weighted by atomic mass is 9.81. The van der Waals surface area contributed by atoms with Gasteiger partial charge in [0.15, 0.2) is 16.7 Å². The normalized spacial score (nSPS) is 12.0. The SMILES string of the molecule is COc1cc(C(C)(C)c2cnc(SCc3c(F)cc(S(=O)(=O)NCCc4cccnc4)cc3Cl)n2-c2ccc(F)cc2)ccc1F. The van der Waals surface area contributed by atoms with E-state index < -0.39 is 32.9 Å². The molecule has 0 saturated carbocycles. The highest BCUT2D eigenvalue weighted by molar-refractivity contribution is 7.98. The smallest absolute Gasteiger partial charge is 0.240 e. The molecule has 5 rings (SSSR count). The number of hydrogen-bond donors (Lipinski definition) is 1. The van der Waals surface area contributed by atoms with Gasteiger partial charge in [0.2, 0.25) is 10.0 Å². The van der Waals surface area contributed by atoms with E-state index in [4.69, 9.17) is 16.3 Å². The van der Waals surface area contributed by atoms with Crippen molar-refractivity contribution in [1.29, 1.82) is 0 Å². The van der Waals surface area contributed by atoms with Crippen LogP contribution in [0.15, 0.2) is 95.4 Å². The van der Waals surface area contributed by atoms with Crippen molar-refractivity contribution in [2.75, 3.05) is 13.7 Å². The summed E-state index contributed by atoms with van der Waals surface area (Å²) < 4.78 is 78.8. The quantitative estimate of drug-likeness (QED) is 0.137. The maximum atomic E-state index is 15.4. The number of nitrogens with one attached hydrogen (secondary N) is 1. The number of nitrogens with zero attached hydrogens (tertiary/aromatic N) is 3. The number of ether oxygens (including phenoxy) is 1. The summed E-state index contributed by atoms with van der Waals surface area (Å²) in [6.07, 6.45) is 5.33. The lowest BCUT2D eigenvalue weighted by Gasteiger charge is -2.28. The van der Waals surface area contributed by atoms with Crippen LogP contribution in [0.2, 0.25) is 5.02 Å². The molecule has 2 heterocycles. The Bertz CT molecular complexity index is 1930. The highest BCUT2D eigenvalue weighted by Gasteiger charge is 2.31. The monoisotopic (exact) mass is 686 g/mol. The first-order chi connectivity index (χ1) is 21.9. The minimum atomic E-state index is -4.03. The van der Waals surface area contributed by atoms with Crippen LogP contribution in [0, 0.1) is 17.5 Å². The molecule has 7 nitrogen and oxygen atoms in total. The summed E-state index contributed by atoms with van der Waals surface area (Å²) in [5, 5.41) is 0.395. The Balaban J connectivity index is 1.42. The van der Waals surface area contributed by atoms with Crippen molar-refractivity contribution < 1.29 is 26.3 Å². The summed E-state index contributed by atoms with van der Waals surface area (Å²) in [5.41, 5.74) is 2.25. The van der Waals surface area contributed by atoms with Gasteiger partial charge in [0.05, 0.1) is 23.9 Å². The van der Waals surface area contributed by atoms with Gasteiger partial charge in [-0.05, 0) is 72.1 Å². The summed E-state index contributed by atoms with van der Waals surface area (Å²) in [6.45, 7) is 3.97. The molecular formula is C33H30ClF3N4O3S2. The van der Waals surface area contributed by atoms with Crippen LogP contribution in [0.1, 0.15) is 36.2 Å². The molecule has 5 aromatic rings. The van der Waals surface area contributed by atoms with Crippen LogP contribution in [-0.2, 0) is 27.6 Å². The number of thioether (sulfide) groups is 1. The van der Waals surface area contributed by atoms with Gasteiger partial charge in [-0.1, -0.05) is 49.3 Å². The van der Waals surface area contributed by atoms with Gasteiger partial charge in [-0.3, -0.25) is 9.55 Å². The van der Waals surface area contributed by atoms with Crippen LogP contribution in [0.3, 0.4) is 0 Å². The Morgan fingerprint density at radius 3 is 2.43 bits per heavy atom. The first-order valence-electron chi connectivity index (χ1n) is 14.1. The predicted octanol–water partition coefficient (Wildman–Crippen LogP) is 7.49. The van der Waals surface area contributed by atoms with Gasteiger partial charge in [0.1, 0.15) is 11.6 Å². The predicted molar refractivity (Wildman–Crippen MR) is 173 cm³/mol. The number of benzene rings is 3. The van der Waals surface area contributed by atoms with Crippen LogP contribution in [0.4, 0.5) is 13.2 Å². The fraction of sp³-hybridized carbons (Fsp3) is 0.212. The lowest BCUT2D eigenvalue weighted by molar-refractivity contribution is 0.384. The largest absolute Gasteiger partial charge is 0.494 e. The fourth-order valence-electron chi connectivity index (χ4n) is 4.88. The zero-order chi connectivity index (χ0) is 33.1. The van der Waals surface area contributed by atoms with E-state index in [0.29, 0.717) is 23.0 Å². The third-order valence-electron chi connectivity index (χ3n) is 7.53. The zero-order valence-corrected chi connectivity index (χ0v) is 27.5. The average molecular weight is 687 g/mol. The van der Waals surface area contributed by atoms with Crippen LogP contribution in [0.5, 0.6) is 5.75 Å². The molecule has 13 heteroatoms. The number of rotatable bonds is 12. The molecule has 46 heavy (non-hydrogen) atoms. The molecular weight excluding hydrogens is 657 g/mol. The molecule has 0 radical (unpaired) electrons. The molecule has 0 aliphatic carbocycles. The standard InChI is InChI=1S/C33H30ClF3N4O3S2/c1-33(2,22-6-11-28(36)30(15-22)44-3)31-19-39-32(41(31)24-9-7-23(35)8-10-24)45-20-26-27(34)16-25(17-29(26)37)46(42,43)40-14-12-21-5-4-13-38-18-21/h4-11,13,15-19,40H,12,14,20H2,1-3H3. The number of methoxy groups -OCH3 is 1. The van der Waals surface area contributed by atoms with Gasteiger partial charge < -0.3 is 4.74 Å². The fourth-order valence-corrected chi connectivity index (χ4v) is 7.40. The molecule has 0 aliphatic heterocycles. The summed E-state index contributed by atoms with van der Waals surface area (Å²) in [5.74, 6) is -1.60. The second-order valence-corrected chi connectivity index (χ2v) is 14.0. The summed E-state index contributed by atoms with van der Waals surface area (Å²) in [7, 11) is -2.65. The van der Waals surface area contributed by atoms with Crippen LogP contribution < -0.4 is 9.46 Å². The van der Waals surface area contributed by atoms with E-state index in [9.17, 15) is 17.2 Å². The molecule has 0 bridgehead atoms. The maximum absolute atomic E-state index is 15.4. The Morgan fingerprint density at radius 2 is 1.76 bits per heavy atom. The van der Waals surface area contributed by atoms with Crippen LogP contribution >= 0.6 is 23.4 Å². The number of pyridine rings is 1. The van der Waals surface area contributed by atoms with Crippen molar-refractivity contribution in [3.8, 4) is 11.4 Å². The van der Waals surface area contributed by atoms with Crippen molar-refractivity contribution in [3.63, 3.8) is 0 Å². The van der Waals surface area contributed by atoms with Crippen LogP contribution in [-0.4, -0.2) is 36.6 Å². The topological polar surface area (TPSA) is 86.1 Å². The molecule has 240 valence electrons. The second-order valence-electron chi connectivity index (χ2n) is 10.9. The third-order valence-corrected chi connectivity index (χ3v) is 10.3. The first kappa shape index (κ1) is 33.5. The Hall–Kier alpha value is -3.84. The van der Waals surface area contributed by atoms with E-state index in [0.717, 1.165) is 17.2 Å². The second kappa shape index (κ2) is 13.9. The van der Waals surface area contributed by atoms with E-state index in [1.165, 1.54) is 43.1 Å². The minimum Gasteiger partial charge on any atom is -0.494 e. The van der Waals surface area contributed by atoms with Crippen LogP contribution in [0.25, 0.3) is 5.69 Å². The first-order valence-corrected chi connectivity index (χ1v) is 16.9. The molecule has 0 atom stereocenters. The Morgan fingerprint density at radius 1 is 1.00 bits per heavy atom. The summed E-state index contributed by atoms with van der Waals surface area (Å²) >= 11 is 7.62. The average Bonchev–Trinajstić information content (AvgIpc) is 3.46. The van der Waals surface area contributed by atoms with Gasteiger partial charge >= 0.3 is 0 Å². The Kier molecular flexibility index (Phi) is 10.1. The molecule has 3 aromatic carbocycles. The molecule has 0 saturated heterocycles. The Labute approximate surface area is 274 Å². The van der Waals surface area contributed by atoms with Crippen molar-refractivity contribution in [3.05, 3.63) is 130 Å². The number of imidazole rings is 1. The van der Waals surface area contributed by atoms with Gasteiger partial charge in [-0.15, -0.1) is 0 Å². The molecule has 0 unspecified atom stereocenters. The highest BCUT2D eigenvalue weighted by Crippen LogP contribution is 2.39. The molecule has 0 spiro atoms. The van der Waals surface area contributed by atoms with Crippen molar-refractivity contribution in [2.24, 2.45) is 0 Å². The third kappa shape index (κ3) is 7.25. The molecule has 0 fully saturated rings. The summed E-state index contributed by atoms with van der Waals surface area (Å²) in [6, 6.07) is 16.2. The number of aromatic nitrogens is 3. The molecule has 1 N–H and O–H groups in total. The molecule has 0 aliphatic rings. The van der Waals surface area contributed by atoms with Gasteiger partial charge in [0, 0.05) is 46.4 Å². The molecule has 2 aromatic heterocycles. The van der Waals surface area contributed by atoms with Gasteiger partial charge in [-0.25, -0.2) is 31.3 Å². The van der Waals surface area contributed by atoms with Crippen molar-refractivity contribution in [2.45, 2.75) is 41.5 Å². The van der Waals surface area contributed by atoms with E-state index in [1.54, 1.807) is 48.9 Å². The van der Waals surface area contributed by atoms with Gasteiger partial charge in [0.25, 0.3) is 0 Å². The zero-order valence-electron chi connectivity index (χ0n) is 25.1. The summed E-state index contributed by atoms with van der Waals surface area (Å²) in [4.78, 5) is 8.33. The number of hydrogen-bond acceptors (Lipinski definition) is 6. The lowest BCUT2D eigenvalue weighted by Crippen LogP contribution is -2.26. The highest BCUT2D eigenvalue weighted by atomic mass is 35.5. The maximum Gasteiger partial charge on any atom is 0.240 e. The molecule has 0 amide bonds. The minimum absolute atomic E-state index is 0.0158. The van der Waals surface area contributed by atoms with E-state index in [-0.39, 0.29) is 33.5 Å². The van der Waals surface area contributed by atoms with E-state index >= 15 is 4.39 Å². The van der Waals surface area contributed by atoms with E-state index in [1.807, 2.05) is 24.5 Å².